The Kier molecular flexibility index (Phi) is 5.49. The number of nitrogens with one attached hydrogen (secondary N) is 1. The maximum Gasteiger partial charge on any atom is 0.310 e. The molecule has 2 heterocycles. The van der Waals surface area contributed by atoms with E-state index < -0.39 is 0 Å². The van der Waals surface area contributed by atoms with Crippen LogP contribution in [0, 0.1) is 19.8 Å². The van der Waals surface area contributed by atoms with Crippen molar-refractivity contribution in [2.75, 3.05) is 7.11 Å². The van der Waals surface area contributed by atoms with Crippen molar-refractivity contribution >= 4 is 17.7 Å². The Morgan fingerprint density at radius 3 is 2.77 bits per heavy atom. The predicted molar refractivity (Wildman–Crippen MR) is 94.5 cm³/mol. The summed E-state index contributed by atoms with van der Waals surface area (Å²) in [5.74, 6) is 0.195. The van der Waals surface area contributed by atoms with Crippen LogP contribution in [0.1, 0.15) is 49.3 Å². The Morgan fingerprint density at radius 1 is 1.23 bits per heavy atom. The number of esters is 1. The summed E-state index contributed by atoms with van der Waals surface area (Å²) >= 11 is 0. The van der Waals surface area contributed by atoms with Crippen LogP contribution in [-0.2, 0) is 20.7 Å². The van der Waals surface area contributed by atoms with Gasteiger partial charge in [0.15, 0.2) is 5.82 Å². The van der Waals surface area contributed by atoms with E-state index in [0.29, 0.717) is 11.6 Å². The lowest BCUT2D eigenvalue weighted by atomic mass is 9.94. The zero-order valence-electron chi connectivity index (χ0n) is 15.5. The smallest absolute Gasteiger partial charge is 0.310 e. The molecule has 1 N–H and O–H groups in total. The quantitative estimate of drug-likeness (QED) is 0.656. The molecule has 1 fully saturated rings. The molecule has 0 spiro atoms. The van der Waals surface area contributed by atoms with Crippen molar-refractivity contribution in [1.29, 1.82) is 0 Å². The molecule has 1 amide bonds. The van der Waals surface area contributed by atoms with E-state index in [1.807, 2.05) is 19.9 Å². The van der Waals surface area contributed by atoms with Gasteiger partial charge in [0.05, 0.1) is 19.4 Å². The number of carbonyl (C=O) groups excluding carboxylic acids is 2. The molecule has 0 aromatic carbocycles. The van der Waals surface area contributed by atoms with Crippen molar-refractivity contribution in [3.8, 4) is 0 Å². The molecule has 140 valence electrons. The average molecular weight is 359 g/mol. The fourth-order valence-electron chi connectivity index (χ4n) is 3.60. The normalized spacial score (nSPS) is 20.6. The second-order valence-electron chi connectivity index (χ2n) is 6.90. The molecule has 3 rings (SSSR count). The molecule has 2 atom stereocenters. The molecule has 0 unspecified atom stereocenters. The van der Waals surface area contributed by atoms with Crippen molar-refractivity contribution in [3.63, 3.8) is 0 Å². The highest BCUT2D eigenvalue weighted by Gasteiger charge is 2.31. The Labute approximate surface area is 152 Å². The highest BCUT2D eigenvalue weighted by Crippen LogP contribution is 2.24. The summed E-state index contributed by atoms with van der Waals surface area (Å²) in [5, 5.41) is 7.36. The highest BCUT2D eigenvalue weighted by atomic mass is 16.5. The zero-order valence-corrected chi connectivity index (χ0v) is 15.5. The van der Waals surface area contributed by atoms with Crippen LogP contribution in [0.2, 0.25) is 0 Å². The van der Waals surface area contributed by atoms with Gasteiger partial charge in [0.25, 0.3) is 5.78 Å². The van der Waals surface area contributed by atoms with Crippen molar-refractivity contribution < 1.29 is 14.3 Å². The molecule has 2 aromatic heterocycles. The van der Waals surface area contributed by atoms with E-state index >= 15 is 0 Å². The molecule has 8 heteroatoms. The number of carbonyl (C=O) groups is 2. The number of hydrogen-bond acceptors (Lipinski definition) is 6. The standard InChI is InChI=1S/C18H25N5O3/c1-11-9-12(2)23-18(19-11)21-15(22-23)10-16(24)20-14-8-6-4-5-7-13(14)17(25)26-3/h9,13-14H,4-8,10H2,1-3H3,(H,20,24)/t13-,14+/m1/s1. The van der Waals surface area contributed by atoms with Crippen LogP contribution in [0.15, 0.2) is 6.07 Å². The van der Waals surface area contributed by atoms with E-state index in [2.05, 4.69) is 20.4 Å². The predicted octanol–water partition coefficient (Wildman–Crippen LogP) is 1.52. The molecule has 8 nitrogen and oxygen atoms in total. The third-order valence-electron chi connectivity index (χ3n) is 4.85. The van der Waals surface area contributed by atoms with E-state index in [9.17, 15) is 9.59 Å². The van der Waals surface area contributed by atoms with Crippen molar-refractivity contribution in [2.24, 2.45) is 5.92 Å². The fourth-order valence-corrected chi connectivity index (χ4v) is 3.60. The molecule has 1 aliphatic carbocycles. The molecule has 0 saturated heterocycles. The van der Waals surface area contributed by atoms with Gasteiger partial charge in [-0.05, 0) is 32.8 Å². The molecular weight excluding hydrogens is 334 g/mol. The van der Waals surface area contributed by atoms with Crippen molar-refractivity contribution in [3.05, 3.63) is 23.3 Å². The van der Waals surface area contributed by atoms with Crippen LogP contribution >= 0.6 is 0 Å². The van der Waals surface area contributed by atoms with E-state index in [1.165, 1.54) is 7.11 Å². The van der Waals surface area contributed by atoms with Crippen LogP contribution in [0.5, 0.6) is 0 Å². The summed E-state index contributed by atoms with van der Waals surface area (Å²) in [4.78, 5) is 33.2. The number of rotatable bonds is 4. The van der Waals surface area contributed by atoms with E-state index in [-0.39, 0.29) is 30.3 Å². The third kappa shape index (κ3) is 4.00. The van der Waals surface area contributed by atoms with Crippen LogP contribution < -0.4 is 5.32 Å². The number of methoxy groups -OCH3 is 1. The van der Waals surface area contributed by atoms with Crippen LogP contribution in [0.3, 0.4) is 0 Å². The summed E-state index contributed by atoms with van der Waals surface area (Å²) in [6.45, 7) is 3.82. The molecule has 1 saturated carbocycles. The summed E-state index contributed by atoms with van der Waals surface area (Å²) in [7, 11) is 1.39. The number of ether oxygens (including phenoxy) is 1. The molecule has 0 aliphatic heterocycles. The Morgan fingerprint density at radius 2 is 2.00 bits per heavy atom. The van der Waals surface area contributed by atoms with Gasteiger partial charge in [-0.2, -0.15) is 4.98 Å². The minimum atomic E-state index is -0.285. The number of nitrogens with zero attached hydrogens (tertiary/aromatic N) is 4. The Balaban J connectivity index is 1.71. The first kappa shape index (κ1) is 18.3. The first-order chi connectivity index (χ1) is 12.5. The van der Waals surface area contributed by atoms with Gasteiger partial charge in [0, 0.05) is 17.4 Å². The average Bonchev–Trinajstić information content (AvgIpc) is 2.84. The molecule has 0 radical (unpaired) electrons. The zero-order chi connectivity index (χ0) is 18.7. The second-order valence-corrected chi connectivity index (χ2v) is 6.90. The first-order valence-electron chi connectivity index (χ1n) is 9.05. The van der Waals surface area contributed by atoms with Gasteiger partial charge in [0.1, 0.15) is 0 Å². The summed E-state index contributed by atoms with van der Waals surface area (Å²) in [5.41, 5.74) is 1.78. The van der Waals surface area contributed by atoms with Gasteiger partial charge in [-0.15, -0.1) is 5.10 Å². The Bertz CT molecular complexity index is 817. The van der Waals surface area contributed by atoms with Crippen molar-refractivity contribution in [1.82, 2.24) is 24.9 Å². The number of fused-ring (bicyclic) bond motifs is 1. The minimum absolute atomic E-state index is 0.0617. The molecule has 1 aliphatic rings. The van der Waals surface area contributed by atoms with E-state index in [4.69, 9.17) is 4.74 Å². The Hall–Kier alpha value is -2.51. The monoisotopic (exact) mass is 359 g/mol. The number of aryl methyl sites for hydroxylation is 2. The van der Waals surface area contributed by atoms with Gasteiger partial charge in [0.2, 0.25) is 5.91 Å². The molecular formula is C18H25N5O3. The number of amides is 1. The fraction of sp³-hybridized carbons (Fsp3) is 0.611. The van der Waals surface area contributed by atoms with Crippen LogP contribution in [0.25, 0.3) is 5.78 Å². The van der Waals surface area contributed by atoms with Gasteiger partial charge >= 0.3 is 5.97 Å². The molecule has 2 aromatic rings. The molecule has 0 bridgehead atoms. The SMILES string of the molecule is COC(=O)[C@@H]1CCCCC[C@@H]1NC(=O)Cc1nc2nc(C)cc(C)n2n1. The number of aromatic nitrogens is 4. The van der Waals surface area contributed by atoms with Gasteiger partial charge in [-0.3, -0.25) is 9.59 Å². The lowest BCUT2D eigenvalue weighted by molar-refractivity contribution is -0.147. The first-order valence-corrected chi connectivity index (χ1v) is 9.05. The van der Waals surface area contributed by atoms with E-state index in [0.717, 1.165) is 43.5 Å². The van der Waals surface area contributed by atoms with Gasteiger partial charge in [-0.1, -0.05) is 19.3 Å². The van der Waals surface area contributed by atoms with E-state index in [1.54, 1.807) is 4.52 Å². The molecule has 26 heavy (non-hydrogen) atoms. The maximum absolute atomic E-state index is 12.5. The summed E-state index contributed by atoms with van der Waals surface area (Å²) < 4.78 is 6.55. The number of hydrogen-bond donors (Lipinski definition) is 1. The minimum Gasteiger partial charge on any atom is -0.469 e. The van der Waals surface area contributed by atoms with Gasteiger partial charge < -0.3 is 10.1 Å². The lowest BCUT2D eigenvalue weighted by Crippen LogP contribution is -2.43. The largest absolute Gasteiger partial charge is 0.469 e. The van der Waals surface area contributed by atoms with Crippen molar-refractivity contribution in [2.45, 2.75) is 58.4 Å². The lowest BCUT2D eigenvalue weighted by Gasteiger charge is -2.23. The third-order valence-corrected chi connectivity index (χ3v) is 4.85. The summed E-state index contributed by atoms with van der Waals surface area (Å²) in [6.07, 6.45) is 4.62. The van der Waals surface area contributed by atoms with Crippen LogP contribution in [0.4, 0.5) is 0 Å². The van der Waals surface area contributed by atoms with Crippen LogP contribution in [-0.4, -0.2) is 44.6 Å². The van der Waals surface area contributed by atoms with Gasteiger partial charge in [-0.25, -0.2) is 9.50 Å². The highest BCUT2D eigenvalue weighted by molar-refractivity contribution is 5.80. The topological polar surface area (TPSA) is 98.5 Å². The second kappa shape index (κ2) is 7.80. The summed E-state index contributed by atoms with van der Waals surface area (Å²) in [6, 6.07) is 1.72. The maximum atomic E-state index is 12.5.